The van der Waals surface area contributed by atoms with E-state index < -0.39 is 0 Å². The molecule has 6 heteroatoms. The summed E-state index contributed by atoms with van der Waals surface area (Å²) in [6.07, 6.45) is 2.02. The Bertz CT molecular complexity index is 540. The number of nitrogens with one attached hydrogen (secondary N) is 1. The molecule has 1 fully saturated rings. The van der Waals surface area contributed by atoms with E-state index in [4.69, 9.17) is 27.9 Å². The van der Waals surface area contributed by atoms with E-state index in [-0.39, 0.29) is 24.1 Å². The van der Waals surface area contributed by atoms with Gasteiger partial charge in [-0.3, -0.25) is 10.1 Å². The summed E-state index contributed by atoms with van der Waals surface area (Å²) < 4.78 is 5.51. The molecule has 4 nitrogen and oxygen atoms in total. The van der Waals surface area contributed by atoms with Crippen molar-refractivity contribution in [3.63, 3.8) is 0 Å². The first-order chi connectivity index (χ1) is 9.45. The molecule has 1 aliphatic carbocycles. The number of halogens is 2. The van der Waals surface area contributed by atoms with E-state index in [1.54, 1.807) is 12.1 Å². The lowest BCUT2D eigenvalue weighted by Crippen LogP contribution is -2.34. The van der Waals surface area contributed by atoms with Gasteiger partial charge in [0.2, 0.25) is 0 Å². The van der Waals surface area contributed by atoms with Crippen LogP contribution in [0.2, 0.25) is 10.0 Å². The van der Waals surface area contributed by atoms with Crippen LogP contribution in [0.5, 0.6) is 0 Å². The highest BCUT2D eigenvalue weighted by molar-refractivity contribution is 6.42. The van der Waals surface area contributed by atoms with Crippen molar-refractivity contribution in [1.82, 2.24) is 5.32 Å². The van der Waals surface area contributed by atoms with E-state index in [0.29, 0.717) is 15.6 Å². The van der Waals surface area contributed by atoms with Crippen LogP contribution in [0.15, 0.2) is 23.2 Å². The minimum absolute atomic E-state index is 0.0541. The van der Waals surface area contributed by atoms with Gasteiger partial charge in [-0.25, -0.2) is 4.99 Å². The third-order valence-electron chi connectivity index (χ3n) is 2.60. The number of amidine groups is 1. The van der Waals surface area contributed by atoms with E-state index in [0.717, 1.165) is 12.8 Å². The predicted molar refractivity (Wildman–Crippen MR) is 80.6 cm³/mol. The zero-order valence-electron chi connectivity index (χ0n) is 11.3. The van der Waals surface area contributed by atoms with Crippen molar-refractivity contribution < 1.29 is 9.53 Å². The number of benzene rings is 1. The van der Waals surface area contributed by atoms with Gasteiger partial charge in [-0.15, -0.1) is 0 Å². The van der Waals surface area contributed by atoms with Crippen molar-refractivity contribution in [2.45, 2.75) is 38.8 Å². The second-order valence-corrected chi connectivity index (χ2v) is 5.73. The molecule has 0 unspecified atom stereocenters. The number of hydrogen-bond acceptors (Lipinski definition) is 3. The second-order valence-electron chi connectivity index (χ2n) is 4.92. The van der Waals surface area contributed by atoms with E-state index in [2.05, 4.69) is 10.3 Å². The minimum Gasteiger partial charge on any atom is -0.462 e. The lowest BCUT2D eigenvalue weighted by atomic mass is 10.2. The fraction of sp³-hybridized carbons (Fsp3) is 0.429. The molecule has 1 aliphatic rings. The van der Waals surface area contributed by atoms with Gasteiger partial charge in [-0.05, 0) is 44.9 Å². The summed E-state index contributed by atoms with van der Waals surface area (Å²) >= 11 is 11.7. The zero-order valence-corrected chi connectivity index (χ0v) is 12.8. The first kappa shape index (κ1) is 15.1. The van der Waals surface area contributed by atoms with Crippen molar-refractivity contribution in [2.75, 3.05) is 0 Å². The Morgan fingerprint density at radius 1 is 1.35 bits per heavy atom. The third kappa shape index (κ3) is 4.39. The smallest absolute Gasteiger partial charge is 0.292 e. The number of nitrogens with zero attached hydrogens (tertiary/aromatic N) is 1. The molecule has 0 saturated heterocycles. The average molecular weight is 315 g/mol. The monoisotopic (exact) mass is 314 g/mol. The molecule has 20 heavy (non-hydrogen) atoms. The fourth-order valence-corrected chi connectivity index (χ4v) is 1.79. The number of ether oxygens (including phenoxy) is 1. The fourth-order valence-electron chi connectivity index (χ4n) is 1.49. The molecule has 0 spiro atoms. The van der Waals surface area contributed by atoms with Crippen molar-refractivity contribution >= 4 is 35.1 Å². The van der Waals surface area contributed by atoms with Crippen molar-refractivity contribution in [2.24, 2.45) is 4.99 Å². The number of aliphatic imine (C=N–C) groups is 1. The normalized spacial score (nSPS) is 15.3. The summed E-state index contributed by atoms with van der Waals surface area (Å²) in [6.45, 7) is 3.77. The number of rotatable bonds is 3. The summed E-state index contributed by atoms with van der Waals surface area (Å²) in [4.78, 5) is 16.5. The zero-order chi connectivity index (χ0) is 14.7. The standard InChI is InChI=1S/C14H16Cl2N2O2/c1-8(2)20-14(17-10-4-5-10)18-13(19)9-3-6-11(15)12(16)7-9/h3,6-8,10H,4-5H2,1-2H3,(H,17,18,19). The Kier molecular flexibility index (Phi) is 4.89. The molecular weight excluding hydrogens is 299 g/mol. The molecule has 108 valence electrons. The SMILES string of the molecule is CC(C)OC(=NC1CC1)NC(=O)c1ccc(Cl)c(Cl)c1. The maximum Gasteiger partial charge on any atom is 0.292 e. The highest BCUT2D eigenvalue weighted by Crippen LogP contribution is 2.24. The van der Waals surface area contributed by atoms with Gasteiger partial charge >= 0.3 is 0 Å². The van der Waals surface area contributed by atoms with Crippen LogP contribution >= 0.6 is 23.2 Å². The van der Waals surface area contributed by atoms with E-state index in [1.165, 1.54) is 6.07 Å². The number of carbonyl (C=O) groups excluding carboxylic acids is 1. The Morgan fingerprint density at radius 3 is 2.60 bits per heavy atom. The Hall–Kier alpha value is -1.26. The van der Waals surface area contributed by atoms with Gasteiger partial charge in [-0.2, -0.15) is 0 Å². The molecule has 1 aromatic carbocycles. The molecular formula is C14H16Cl2N2O2. The topological polar surface area (TPSA) is 50.7 Å². The lowest BCUT2D eigenvalue weighted by Gasteiger charge is -2.13. The highest BCUT2D eigenvalue weighted by atomic mass is 35.5. The summed E-state index contributed by atoms with van der Waals surface area (Å²) in [7, 11) is 0. The molecule has 1 saturated carbocycles. The van der Waals surface area contributed by atoms with E-state index >= 15 is 0 Å². The quantitative estimate of drug-likeness (QED) is 0.683. The molecule has 1 aromatic rings. The molecule has 0 aromatic heterocycles. The van der Waals surface area contributed by atoms with Crippen LogP contribution in [-0.2, 0) is 4.74 Å². The summed E-state index contributed by atoms with van der Waals surface area (Å²) in [6, 6.07) is 5.23. The highest BCUT2D eigenvalue weighted by Gasteiger charge is 2.23. The molecule has 0 bridgehead atoms. The van der Waals surface area contributed by atoms with Gasteiger partial charge in [0, 0.05) is 5.56 Å². The van der Waals surface area contributed by atoms with Gasteiger partial charge in [0.25, 0.3) is 11.9 Å². The van der Waals surface area contributed by atoms with Crippen LogP contribution in [-0.4, -0.2) is 24.1 Å². The molecule has 0 heterocycles. The molecule has 1 N–H and O–H groups in total. The summed E-state index contributed by atoms with van der Waals surface area (Å²) in [5.41, 5.74) is 0.412. The molecule has 2 rings (SSSR count). The lowest BCUT2D eigenvalue weighted by molar-refractivity contribution is 0.0959. The molecule has 0 radical (unpaired) electrons. The van der Waals surface area contributed by atoms with Crippen molar-refractivity contribution in [3.8, 4) is 0 Å². The maximum atomic E-state index is 12.1. The predicted octanol–water partition coefficient (Wildman–Crippen LogP) is 3.67. The van der Waals surface area contributed by atoms with Gasteiger partial charge < -0.3 is 4.74 Å². The average Bonchev–Trinajstić information content (AvgIpc) is 3.15. The van der Waals surface area contributed by atoms with Gasteiger partial charge in [-0.1, -0.05) is 23.2 Å². The van der Waals surface area contributed by atoms with Gasteiger partial charge in [0.05, 0.1) is 22.2 Å². The number of amides is 1. The number of hydrogen-bond donors (Lipinski definition) is 1. The van der Waals surface area contributed by atoms with E-state index in [9.17, 15) is 4.79 Å². The van der Waals surface area contributed by atoms with Crippen LogP contribution in [0, 0.1) is 0 Å². The first-order valence-electron chi connectivity index (χ1n) is 6.46. The van der Waals surface area contributed by atoms with Crippen LogP contribution in [0.3, 0.4) is 0 Å². The maximum absolute atomic E-state index is 12.1. The van der Waals surface area contributed by atoms with Gasteiger partial charge in [0.15, 0.2) is 0 Å². The second kappa shape index (κ2) is 6.46. The van der Waals surface area contributed by atoms with E-state index in [1.807, 2.05) is 13.8 Å². The summed E-state index contributed by atoms with van der Waals surface area (Å²) in [5, 5.41) is 3.42. The van der Waals surface area contributed by atoms with Crippen LogP contribution < -0.4 is 5.32 Å². The Morgan fingerprint density at radius 2 is 2.05 bits per heavy atom. The minimum atomic E-state index is -0.316. The van der Waals surface area contributed by atoms with Crippen LogP contribution in [0.4, 0.5) is 0 Å². The van der Waals surface area contributed by atoms with Crippen molar-refractivity contribution in [3.05, 3.63) is 33.8 Å². The molecule has 0 atom stereocenters. The molecule has 1 amide bonds. The van der Waals surface area contributed by atoms with Crippen molar-refractivity contribution in [1.29, 1.82) is 0 Å². The Labute approximate surface area is 128 Å². The molecule has 0 aliphatic heterocycles. The first-order valence-corrected chi connectivity index (χ1v) is 7.22. The Balaban J connectivity index is 2.08. The van der Waals surface area contributed by atoms with Crippen LogP contribution in [0.1, 0.15) is 37.0 Å². The van der Waals surface area contributed by atoms with Crippen LogP contribution in [0.25, 0.3) is 0 Å². The van der Waals surface area contributed by atoms with Gasteiger partial charge in [0.1, 0.15) is 0 Å². The largest absolute Gasteiger partial charge is 0.462 e. The number of carbonyl (C=O) groups is 1. The summed E-state index contributed by atoms with van der Waals surface area (Å²) in [5.74, 6) is -0.316. The third-order valence-corrected chi connectivity index (χ3v) is 3.34.